The topological polar surface area (TPSA) is 69.5 Å². The first-order valence-electron chi connectivity index (χ1n) is 9.62. The minimum Gasteiger partial charge on any atom is -0.392 e. The van der Waals surface area contributed by atoms with Gasteiger partial charge in [-0.05, 0) is 70.5 Å². The number of nitrogens with zero attached hydrogens (tertiary/aromatic N) is 2. The summed E-state index contributed by atoms with van der Waals surface area (Å²) in [5, 5.41) is 16.6. The molecule has 0 spiro atoms. The van der Waals surface area contributed by atoms with Crippen LogP contribution in [0.4, 0.5) is 10.5 Å². The van der Waals surface area contributed by atoms with Crippen molar-refractivity contribution in [2.45, 2.75) is 45.8 Å². The maximum Gasteiger partial charge on any atom is 0.319 e. The van der Waals surface area contributed by atoms with E-state index in [0.29, 0.717) is 6.54 Å². The lowest BCUT2D eigenvalue weighted by Gasteiger charge is -2.29. The van der Waals surface area contributed by atoms with E-state index in [1.165, 1.54) is 11.2 Å². The number of amides is 2. The van der Waals surface area contributed by atoms with Gasteiger partial charge in [-0.1, -0.05) is 0 Å². The highest BCUT2D eigenvalue weighted by molar-refractivity contribution is 5.93. The van der Waals surface area contributed by atoms with Crippen molar-refractivity contribution in [1.82, 2.24) is 14.8 Å². The van der Waals surface area contributed by atoms with Gasteiger partial charge in [0.15, 0.2) is 0 Å². The molecule has 26 heavy (non-hydrogen) atoms. The number of anilines is 1. The van der Waals surface area contributed by atoms with Crippen LogP contribution >= 0.6 is 0 Å². The molecule has 0 aliphatic carbocycles. The number of β-amino-alcohol motifs (C(OH)–C–C–N with tert-alkyl or cyclic N) is 1. The molecular weight excluding hydrogens is 328 g/mol. The quantitative estimate of drug-likeness (QED) is 0.696. The van der Waals surface area contributed by atoms with Gasteiger partial charge < -0.3 is 25.2 Å². The molecular formula is C20H30N4O2. The van der Waals surface area contributed by atoms with E-state index in [2.05, 4.69) is 46.1 Å². The molecule has 0 bridgehead atoms. The third-order valence-corrected chi connectivity index (χ3v) is 5.10. The fourth-order valence-corrected chi connectivity index (χ4v) is 3.82. The maximum atomic E-state index is 12.1. The van der Waals surface area contributed by atoms with Crippen LogP contribution in [0.5, 0.6) is 0 Å². The Morgan fingerprint density at radius 3 is 2.96 bits per heavy atom. The number of fused-ring (bicyclic) bond motifs is 1. The lowest BCUT2D eigenvalue weighted by molar-refractivity contribution is 0.0703. The molecule has 3 N–H and O–H groups in total. The molecule has 6 nitrogen and oxygen atoms in total. The van der Waals surface area contributed by atoms with Gasteiger partial charge in [-0.25, -0.2) is 4.79 Å². The normalized spacial score (nSPS) is 18.2. The van der Waals surface area contributed by atoms with Crippen molar-refractivity contribution >= 4 is 22.6 Å². The third-order valence-electron chi connectivity index (χ3n) is 5.10. The molecule has 1 atom stereocenters. The monoisotopic (exact) mass is 358 g/mol. The average Bonchev–Trinajstić information content (AvgIpc) is 2.93. The molecule has 2 aromatic rings. The molecule has 2 heterocycles. The Balaban J connectivity index is 1.45. The molecule has 1 aromatic carbocycles. The first-order valence-corrected chi connectivity index (χ1v) is 9.62. The number of urea groups is 1. The van der Waals surface area contributed by atoms with Crippen LogP contribution < -0.4 is 10.6 Å². The highest BCUT2D eigenvalue weighted by Crippen LogP contribution is 2.23. The number of rotatable bonds is 6. The van der Waals surface area contributed by atoms with E-state index in [0.717, 1.165) is 56.5 Å². The molecule has 1 aliphatic heterocycles. The molecule has 3 rings (SSSR count). The van der Waals surface area contributed by atoms with Gasteiger partial charge in [0.25, 0.3) is 0 Å². The fourth-order valence-electron chi connectivity index (χ4n) is 3.82. The number of likely N-dealkylation sites (tertiary alicyclic amines) is 1. The Kier molecular flexibility index (Phi) is 6.16. The number of carbonyl (C=O) groups is 1. The Bertz CT molecular complexity index is 756. The van der Waals surface area contributed by atoms with Crippen LogP contribution in [0.25, 0.3) is 10.9 Å². The van der Waals surface area contributed by atoms with Crippen molar-refractivity contribution in [1.29, 1.82) is 0 Å². The summed E-state index contributed by atoms with van der Waals surface area (Å²) in [7, 11) is 0. The van der Waals surface area contributed by atoms with Gasteiger partial charge in [0.2, 0.25) is 0 Å². The number of aliphatic hydroxyl groups excluding tert-OH is 1. The molecule has 1 aromatic heterocycles. The highest BCUT2D eigenvalue weighted by atomic mass is 16.3. The number of aliphatic hydroxyl groups is 1. The van der Waals surface area contributed by atoms with E-state index >= 15 is 0 Å². The number of nitrogens with one attached hydrogen (secondary N) is 2. The second-order valence-corrected chi connectivity index (χ2v) is 7.13. The third kappa shape index (κ3) is 4.56. The van der Waals surface area contributed by atoms with Crippen molar-refractivity contribution in [3.05, 3.63) is 30.0 Å². The first-order chi connectivity index (χ1) is 12.6. The van der Waals surface area contributed by atoms with Crippen LogP contribution in [0, 0.1) is 6.92 Å². The first kappa shape index (κ1) is 18.7. The second kappa shape index (κ2) is 8.56. The number of aryl methyl sites for hydroxylation is 2. The van der Waals surface area contributed by atoms with Crippen LogP contribution in [0.1, 0.15) is 31.9 Å². The van der Waals surface area contributed by atoms with Crippen molar-refractivity contribution in [3.8, 4) is 0 Å². The summed E-state index contributed by atoms with van der Waals surface area (Å²) in [6.07, 6.45) is 2.65. The predicted molar refractivity (Wildman–Crippen MR) is 106 cm³/mol. The van der Waals surface area contributed by atoms with Crippen molar-refractivity contribution in [2.75, 3.05) is 31.5 Å². The molecule has 1 saturated heterocycles. The number of hydrogen-bond acceptors (Lipinski definition) is 3. The largest absolute Gasteiger partial charge is 0.392 e. The SMILES string of the molecule is CCn1c(C)cc2cc(NC(=O)NCCCN3CCC[C@H](O)C3)ccc21. The predicted octanol–water partition coefficient (Wildman–Crippen LogP) is 2.94. The number of hydrogen-bond donors (Lipinski definition) is 3. The van der Waals surface area contributed by atoms with E-state index < -0.39 is 0 Å². The van der Waals surface area contributed by atoms with Gasteiger partial charge >= 0.3 is 6.03 Å². The summed E-state index contributed by atoms with van der Waals surface area (Å²) < 4.78 is 2.26. The summed E-state index contributed by atoms with van der Waals surface area (Å²) in [6.45, 7) is 8.51. The summed E-state index contributed by atoms with van der Waals surface area (Å²) >= 11 is 0. The van der Waals surface area contributed by atoms with Crippen LogP contribution in [0.3, 0.4) is 0 Å². The summed E-state index contributed by atoms with van der Waals surface area (Å²) in [4.78, 5) is 14.4. The Morgan fingerprint density at radius 2 is 2.19 bits per heavy atom. The van der Waals surface area contributed by atoms with E-state index in [-0.39, 0.29) is 12.1 Å². The van der Waals surface area contributed by atoms with Crippen molar-refractivity contribution in [2.24, 2.45) is 0 Å². The smallest absolute Gasteiger partial charge is 0.319 e. The maximum absolute atomic E-state index is 12.1. The minimum absolute atomic E-state index is 0.172. The van der Waals surface area contributed by atoms with Crippen molar-refractivity contribution < 1.29 is 9.90 Å². The van der Waals surface area contributed by atoms with Gasteiger partial charge in [0, 0.05) is 41.9 Å². The zero-order valence-corrected chi connectivity index (χ0v) is 15.8. The lowest BCUT2D eigenvalue weighted by Crippen LogP contribution is -2.40. The number of aromatic nitrogens is 1. The number of carbonyl (C=O) groups excluding carboxylic acids is 1. The lowest BCUT2D eigenvalue weighted by atomic mass is 10.1. The Morgan fingerprint density at radius 1 is 1.35 bits per heavy atom. The molecule has 0 unspecified atom stereocenters. The van der Waals surface area contributed by atoms with Crippen LogP contribution in [0.2, 0.25) is 0 Å². The summed E-state index contributed by atoms with van der Waals surface area (Å²) in [6, 6.07) is 8.00. The fraction of sp³-hybridized carbons (Fsp3) is 0.550. The number of benzene rings is 1. The van der Waals surface area contributed by atoms with Crippen LogP contribution in [-0.4, -0.2) is 52.9 Å². The van der Waals surface area contributed by atoms with Crippen molar-refractivity contribution in [3.63, 3.8) is 0 Å². The van der Waals surface area contributed by atoms with Gasteiger partial charge in [0.05, 0.1) is 6.10 Å². The van der Waals surface area contributed by atoms with Gasteiger partial charge in [-0.2, -0.15) is 0 Å². The molecule has 142 valence electrons. The average molecular weight is 358 g/mol. The molecule has 0 saturated carbocycles. The van der Waals surface area contributed by atoms with E-state index in [1.54, 1.807) is 0 Å². The van der Waals surface area contributed by atoms with Gasteiger partial charge in [-0.15, -0.1) is 0 Å². The molecule has 1 fully saturated rings. The molecule has 1 aliphatic rings. The molecule has 2 amide bonds. The molecule has 0 radical (unpaired) electrons. The Hall–Kier alpha value is -2.05. The Labute approximate surface area is 155 Å². The zero-order chi connectivity index (χ0) is 18.5. The van der Waals surface area contributed by atoms with E-state index in [1.807, 2.05) is 12.1 Å². The van der Waals surface area contributed by atoms with E-state index in [9.17, 15) is 9.90 Å². The summed E-state index contributed by atoms with van der Waals surface area (Å²) in [5.74, 6) is 0. The minimum atomic E-state index is -0.193. The second-order valence-electron chi connectivity index (χ2n) is 7.13. The highest BCUT2D eigenvalue weighted by Gasteiger charge is 2.16. The van der Waals surface area contributed by atoms with E-state index in [4.69, 9.17) is 0 Å². The van der Waals surface area contributed by atoms with Gasteiger partial charge in [0.1, 0.15) is 0 Å². The van der Waals surface area contributed by atoms with Crippen LogP contribution in [-0.2, 0) is 6.54 Å². The summed E-state index contributed by atoms with van der Waals surface area (Å²) in [5.41, 5.74) is 3.23. The number of piperidine rings is 1. The molecule has 6 heteroatoms. The standard InChI is InChI=1S/C20H30N4O2/c1-3-24-15(2)12-16-13-17(7-8-19(16)24)22-20(26)21-9-5-11-23-10-4-6-18(25)14-23/h7-8,12-13,18,25H,3-6,9-11,14H2,1-2H3,(H2,21,22,26)/t18-/m0/s1. The zero-order valence-electron chi connectivity index (χ0n) is 15.8. The van der Waals surface area contributed by atoms with Gasteiger partial charge in [-0.3, -0.25) is 0 Å². The van der Waals surface area contributed by atoms with Crippen LogP contribution in [0.15, 0.2) is 24.3 Å².